The van der Waals surface area contributed by atoms with E-state index < -0.39 is 0 Å². The van der Waals surface area contributed by atoms with Crippen LogP contribution in [0.1, 0.15) is 5.56 Å². The number of aliphatic hydroxyl groups is 1. The molecule has 0 spiro atoms. The number of aryl methyl sites for hydroxylation is 1. The van der Waals surface area contributed by atoms with Gasteiger partial charge in [-0.2, -0.15) is 0 Å². The lowest BCUT2D eigenvalue weighted by molar-refractivity contribution is 0.478. The van der Waals surface area contributed by atoms with Crippen LogP contribution < -0.4 is 10.5 Å². The quantitative estimate of drug-likeness (QED) is 0.738. The summed E-state index contributed by atoms with van der Waals surface area (Å²) in [5.41, 5.74) is 2.77. The van der Waals surface area contributed by atoms with Gasteiger partial charge in [0.2, 0.25) is 0 Å². The summed E-state index contributed by atoms with van der Waals surface area (Å²) in [5.74, 6) is 0. The minimum absolute atomic E-state index is 0.0212. The first-order valence-corrected chi connectivity index (χ1v) is 7.44. The van der Waals surface area contributed by atoms with Crippen molar-refractivity contribution >= 4 is 44.1 Å². The van der Waals surface area contributed by atoms with Crippen LogP contribution in [0.2, 0.25) is 0 Å². The number of thiophene rings is 1. The fourth-order valence-electron chi connectivity index (χ4n) is 2.58. The molecule has 2 heterocycles. The average molecular weight is 300 g/mol. The van der Waals surface area contributed by atoms with Crippen LogP contribution in [-0.2, 0) is 7.05 Å². The van der Waals surface area contributed by atoms with Gasteiger partial charge in [-0.25, -0.2) is 0 Å². The fourth-order valence-corrected chi connectivity index (χ4v) is 3.74. The van der Waals surface area contributed by atoms with Crippen LogP contribution in [0.3, 0.4) is 0 Å². The van der Waals surface area contributed by atoms with Crippen LogP contribution in [-0.4, -0.2) is 23.8 Å². The van der Waals surface area contributed by atoms with Gasteiger partial charge in [-0.05, 0) is 23.8 Å². The number of pyridine rings is 1. The summed E-state index contributed by atoms with van der Waals surface area (Å²) in [6.45, 7) is 0. The summed E-state index contributed by atoms with van der Waals surface area (Å²) >= 11 is 1.58. The van der Waals surface area contributed by atoms with E-state index in [9.17, 15) is 4.79 Å². The molecule has 0 unspecified atom stereocenters. The van der Waals surface area contributed by atoms with E-state index in [0.29, 0.717) is 0 Å². The van der Waals surface area contributed by atoms with Crippen LogP contribution in [0.4, 0.5) is 5.69 Å². The van der Waals surface area contributed by atoms with Gasteiger partial charge in [0.05, 0.1) is 27.6 Å². The number of aliphatic hydroxyl groups excluding tert-OH is 1. The Kier molecular flexibility index (Phi) is 3.22. The largest absolute Gasteiger partial charge is 0.516 e. The van der Waals surface area contributed by atoms with E-state index in [0.717, 1.165) is 38.5 Å². The molecule has 1 aromatic carbocycles. The summed E-state index contributed by atoms with van der Waals surface area (Å²) in [6.07, 6.45) is 2.66. The Morgan fingerprint density at radius 3 is 2.76 bits per heavy atom. The lowest BCUT2D eigenvalue weighted by atomic mass is 10.1. The molecule has 108 valence electrons. The standard InChI is InChI=1S/C16H16N2O2S/c1-17(2)13-9-21-15-11-8-10(6-7-19)4-5-12(11)18(3)16(20)14(13)15/h4-9,19H,1-3H3. The molecule has 0 atom stereocenters. The Morgan fingerprint density at radius 2 is 2.10 bits per heavy atom. The fraction of sp³-hybridized carbons (Fsp3) is 0.188. The summed E-state index contributed by atoms with van der Waals surface area (Å²) in [6, 6.07) is 5.81. The van der Waals surface area contributed by atoms with Gasteiger partial charge in [-0.15, -0.1) is 11.3 Å². The van der Waals surface area contributed by atoms with Crippen molar-refractivity contribution in [2.24, 2.45) is 7.05 Å². The lowest BCUT2D eigenvalue weighted by Crippen LogP contribution is -2.19. The number of rotatable bonds is 2. The summed E-state index contributed by atoms with van der Waals surface area (Å²) in [5, 5.41) is 12.7. The van der Waals surface area contributed by atoms with Gasteiger partial charge < -0.3 is 14.6 Å². The number of nitrogens with zero attached hydrogens (tertiary/aromatic N) is 2. The van der Waals surface area contributed by atoms with E-state index in [-0.39, 0.29) is 5.56 Å². The third-order valence-electron chi connectivity index (χ3n) is 3.67. The molecule has 0 saturated heterocycles. The number of hydrogen-bond acceptors (Lipinski definition) is 4. The summed E-state index contributed by atoms with van der Waals surface area (Å²) in [7, 11) is 5.68. The van der Waals surface area contributed by atoms with E-state index in [1.54, 1.807) is 29.0 Å². The highest BCUT2D eigenvalue weighted by Crippen LogP contribution is 2.34. The third-order valence-corrected chi connectivity index (χ3v) is 4.67. The van der Waals surface area contributed by atoms with E-state index in [4.69, 9.17) is 5.11 Å². The normalized spacial score (nSPS) is 11.8. The minimum Gasteiger partial charge on any atom is -0.516 e. The second-order valence-electron chi connectivity index (χ2n) is 5.18. The highest BCUT2D eigenvalue weighted by molar-refractivity contribution is 7.18. The van der Waals surface area contributed by atoms with Gasteiger partial charge in [-0.1, -0.05) is 6.07 Å². The predicted octanol–water partition coefficient (Wildman–Crippen LogP) is 3.35. The molecule has 0 saturated carbocycles. The molecular weight excluding hydrogens is 284 g/mol. The molecule has 0 fully saturated rings. The van der Waals surface area contributed by atoms with Gasteiger partial charge in [-0.3, -0.25) is 4.79 Å². The third kappa shape index (κ3) is 2.01. The Labute approximate surface area is 126 Å². The lowest BCUT2D eigenvalue weighted by Gasteiger charge is -2.12. The van der Waals surface area contributed by atoms with E-state index in [1.807, 2.05) is 42.6 Å². The smallest absolute Gasteiger partial charge is 0.261 e. The van der Waals surface area contributed by atoms with Crippen LogP contribution in [0.25, 0.3) is 27.1 Å². The Morgan fingerprint density at radius 1 is 1.33 bits per heavy atom. The first-order valence-electron chi connectivity index (χ1n) is 6.56. The zero-order valence-electron chi connectivity index (χ0n) is 12.1. The van der Waals surface area contributed by atoms with Gasteiger partial charge in [0.15, 0.2) is 0 Å². The first kappa shape index (κ1) is 13.7. The Bertz CT molecular complexity index is 919. The van der Waals surface area contributed by atoms with Gasteiger partial charge >= 0.3 is 0 Å². The van der Waals surface area contributed by atoms with Crippen molar-refractivity contribution in [3.05, 3.63) is 45.8 Å². The van der Waals surface area contributed by atoms with Crippen LogP contribution in [0.5, 0.6) is 0 Å². The van der Waals surface area contributed by atoms with Crippen molar-refractivity contribution in [2.45, 2.75) is 0 Å². The highest BCUT2D eigenvalue weighted by Gasteiger charge is 2.15. The van der Waals surface area contributed by atoms with Crippen LogP contribution in [0, 0.1) is 0 Å². The maximum absolute atomic E-state index is 12.6. The SMILES string of the molecule is CN(C)c1csc2c1c(=O)n(C)c1ccc(C=CO)cc21. The van der Waals surface area contributed by atoms with Crippen molar-refractivity contribution < 1.29 is 5.11 Å². The molecular formula is C16H16N2O2S. The second kappa shape index (κ2) is 4.93. The van der Waals surface area contributed by atoms with Crippen LogP contribution in [0.15, 0.2) is 34.6 Å². The molecule has 5 heteroatoms. The van der Waals surface area contributed by atoms with E-state index >= 15 is 0 Å². The van der Waals surface area contributed by atoms with Crippen LogP contribution >= 0.6 is 11.3 Å². The topological polar surface area (TPSA) is 45.5 Å². The molecule has 0 radical (unpaired) electrons. The van der Waals surface area contributed by atoms with E-state index in [1.165, 1.54) is 0 Å². The van der Waals surface area contributed by atoms with Gasteiger partial charge in [0, 0.05) is 31.9 Å². The molecule has 2 aromatic heterocycles. The van der Waals surface area contributed by atoms with Gasteiger partial charge in [0.1, 0.15) is 0 Å². The summed E-state index contributed by atoms with van der Waals surface area (Å²) in [4.78, 5) is 14.6. The molecule has 0 aliphatic heterocycles. The van der Waals surface area contributed by atoms with Crippen molar-refractivity contribution in [1.29, 1.82) is 0 Å². The Balaban J connectivity index is 2.51. The molecule has 3 rings (SSSR count). The number of hydrogen-bond donors (Lipinski definition) is 1. The molecule has 1 N–H and O–H groups in total. The van der Waals surface area contributed by atoms with Crippen molar-refractivity contribution in [2.75, 3.05) is 19.0 Å². The molecule has 0 bridgehead atoms. The molecule has 21 heavy (non-hydrogen) atoms. The molecule has 0 aliphatic rings. The average Bonchev–Trinajstić information content (AvgIpc) is 2.90. The highest BCUT2D eigenvalue weighted by atomic mass is 32.1. The Hall–Kier alpha value is -2.27. The maximum atomic E-state index is 12.6. The van der Waals surface area contributed by atoms with Crippen molar-refractivity contribution in [3.63, 3.8) is 0 Å². The van der Waals surface area contributed by atoms with Gasteiger partial charge in [0.25, 0.3) is 5.56 Å². The number of aromatic nitrogens is 1. The number of fused-ring (bicyclic) bond motifs is 3. The molecule has 4 nitrogen and oxygen atoms in total. The maximum Gasteiger partial charge on any atom is 0.261 e. The van der Waals surface area contributed by atoms with E-state index in [2.05, 4.69) is 0 Å². The first-order chi connectivity index (χ1) is 10.0. The molecule has 0 aliphatic carbocycles. The summed E-state index contributed by atoms with van der Waals surface area (Å²) < 4.78 is 2.68. The number of anilines is 1. The second-order valence-corrected chi connectivity index (χ2v) is 6.06. The minimum atomic E-state index is 0.0212. The van der Waals surface area contributed by atoms with Crippen molar-refractivity contribution in [1.82, 2.24) is 4.57 Å². The monoisotopic (exact) mass is 300 g/mol. The van der Waals surface area contributed by atoms with Crippen molar-refractivity contribution in [3.8, 4) is 0 Å². The zero-order valence-corrected chi connectivity index (χ0v) is 12.9. The molecule has 3 aromatic rings. The number of benzene rings is 1. The zero-order chi connectivity index (χ0) is 15.1. The molecule has 0 amide bonds. The predicted molar refractivity (Wildman–Crippen MR) is 90.6 cm³/mol.